The van der Waals surface area contributed by atoms with E-state index in [1.165, 1.54) is 5.56 Å². The fourth-order valence-electron chi connectivity index (χ4n) is 2.51. The van der Waals surface area contributed by atoms with Crippen molar-refractivity contribution in [2.45, 2.75) is 12.5 Å². The molecule has 2 aromatic rings. The van der Waals surface area contributed by atoms with Crippen LogP contribution in [0, 0.1) is 0 Å². The quantitative estimate of drug-likeness (QED) is 0.890. The van der Waals surface area contributed by atoms with Gasteiger partial charge < -0.3 is 10.6 Å². The number of benzene rings is 2. The summed E-state index contributed by atoms with van der Waals surface area (Å²) in [4.78, 5) is 12.5. The lowest BCUT2D eigenvalue weighted by molar-refractivity contribution is -0.117. The van der Waals surface area contributed by atoms with Gasteiger partial charge in [0, 0.05) is 13.1 Å². The number of hydrogen-bond acceptors (Lipinski definition) is 2. The highest BCUT2D eigenvalue weighted by Crippen LogP contribution is 2.27. The molecule has 1 unspecified atom stereocenters. The summed E-state index contributed by atoms with van der Waals surface area (Å²) in [6, 6.07) is 15.3. The van der Waals surface area contributed by atoms with Gasteiger partial charge in [0.25, 0.3) is 0 Å². The van der Waals surface area contributed by atoms with E-state index in [2.05, 4.69) is 16.7 Å². The lowest BCUT2D eigenvalue weighted by Crippen LogP contribution is -2.35. The van der Waals surface area contributed by atoms with E-state index in [0.717, 1.165) is 12.1 Å². The molecule has 0 aromatic heterocycles. The maximum absolute atomic E-state index is 12.5. The molecule has 1 heterocycles. The molecule has 20 heavy (non-hydrogen) atoms. The molecule has 1 aliphatic heterocycles. The summed E-state index contributed by atoms with van der Waals surface area (Å²) in [6.45, 7) is 1.46. The van der Waals surface area contributed by atoms with Crippen molar-refractivity contribution in [1.29, 1.82) is 0 Å². The van der Waals surface area contributed by atoms with Gasteiger partial charge in [0.15, 0.2) is 0 Å². The van der Waals surface area contributed by atoms with E-state index in [1.54, 1.807) is 6.07 Å². The van der Waals surface area contributed by atoms with Crippen molar-refractivity contribution in [3.63, 3.8) is 0 Å². The monoisotopic (exact) mass is 286 g/mol. The average molecular weight is 287 g/mol. The number of rotatable bonds is 2. The Bertz CT molecular complexity index is 642. The molecular formula is C16H15ClN2O. The molecule has 1 aliphatic rings. The molecular weight excluding hydrogens is 272 g/mol. The van der Waals surface area contributed by atoms with E-state index in [1.807, 2.05) is 36.4 Å². The lowest BCUT2D eigenvalue weighted by atomic mass is 9.90. The fourth-order valence-corrected chi connectivity index (χ4v) is 2.70. The number of para-hydroxylation sites is 1. The van der Waals surface area contributed by atoms with Gasteiger partial charge >= 0.3 is 0 Å². The fraction of sp³-hybridized carbons (Fsp3) is 0.188. The number of halogens is 1. The Balaban J connectivity index is 1.84. The summed E-state index contributed by atoms with van der Waals surface area (Å²) in [5, 5.41) is 6.74. The predicted molar refractivity (Wildman–Crippen MR) is 81.0 cm³/mol. The molecule has 2 aromatic carbocycles. The van der Waals surface area contributed by atoms with Gasteiger partial charge in [-0.3, -0.25) is 4.79 Å². The molecule has 0 saturated heterocycles. The van der Waals surface area contributed by atoms with Crippen LogP contribution in [0.1, 0.15) is 17.0 Å². The van der Waals surface area contributed by atoms with Crippen LogP contribution in [0.5, 0.6) is 0 Å². The highest BCUT2D eigenvalue weighted by molar-refractivity contribution is 6.33. The maximum Gasteiger partial charge on any atom is 0.233 e. The van der Waals surface area contributed by atoms with Crippen molar-refractivity contribution in [3.05, 3.63) is 64.7 Å². The first-order valence-corrected chi connectivity index (χ1v) is 6.97. The van der Waals surface area contributed by atoms with Crippen LogP contribution in [-0.2, 0) is 11.3 Å². The summed E-state index contributed by atoms with van der Waals surface area (Å²) in [5.74, 6) is -0.214. The van der Waals surface area contributed by atoms with Crippen molar-refractivity contribution in [2.75, 3.05) is 11.9 Å². The number of hydrogen-bond donors (Lipinski definition) is 2. The largest absolute Gasteiger partial charge is 0.324 e. The van der Waals surface area contributed by atoms with Crippen LogP contribution >= 0.6 is 11.6 Å². The molecule has 0 fully saturated rings. The van der Waals surface area contributed by atoms with Gasteiger partial charge in [-0.1, -0.05) is 48.0 Å². The lowest BCUT2D eigenvalue weighted by Gasteiger charge is -2.25. The minimum absolute atomic E-state index is 0.0299. The Kier molecular flexibility index (Phi) is 3.72. The Hall–Kier alpha value is -1.84. The van der Waals surface area contributed by atoms with Crippen LogP contribution < -0.4 is 10.6 Å². The van der Waals surface area contributed by atoms with Crippen LogP contribution in [0.25, 0.3) is 0 Å². The molecule has 0 aliphatic carbocycles. The number of nitrogens with one attached hydrogen (secondary N) is 2. The molecule has 102 valence electrons. The predicted octanol–water partition coefficient (Wildman–Crippen LogP) is 3.17. The van der Waals surface area contributed by atoms with Gasteiger partial charge in [-0.05, 0) is 23.3 Å². The molecule has 0 bridgehead atoms. The summed E-state index contributed by atoms with van der Waals surface area (Å²) in [6.07, 6.45) is 0. The number of fused-ring (bicyclic) bond motifs is 1. The third-order valence-electron chi connectivity index (χ3n) is 3.54. The highest BCUT2D eigenvalue weighted by Gasteiger charge is 2.26. The minimum atomic E-state index is -0.184. The van der Waals surface area contributed by atoms with Gasteiger partial charge in [-0.25, -0.2) is 0 Å². The number of anilines is 1. The number of carbonyl (C=O) groups is 1. The van der Waals surface area contributed by atoms with E-state index >= 15 is 0 Å². The Morgan fingerprint density at radius 2 is 1.90 bits per heavy atom. The summed E-state index contributed by atoms with van der Waals surface area (Å²) >= 11 is 6.08. The number of amides is 1. The maximum atomic E-state index is 12.5. The average Bonchev–Trinajstić information content (AvgIpc) is 2.49. The van der Waals surface area contributed by atoms with E-state index in [9.17, 15) is 4.79 Å². The third kappa shape index (κ3) is 2.55. The normalized spacial score (nSPS) is 17.4. The Labute approximate surface area is 123 Å². The van der Waals surface area contributed by atoms with Gasteiger partial charge in [0.1, 0.15) is 0 Å². The van der Waals surface area contributed by atoms with E-state index in [4.69, 9.17) is 11.6 Å². The van der Waals surface area contributed by atoms with Crippen molar-refractivity contribution in [3.8, 4) is 0 Å². The molecule has 1 atom stereocenters. The van der Waals surface area contributed by atoms with E-state index < -0.39 is 0 Å². The van der Waals surface area contributed by atoms with Crippen LogP contribution in [0.2, 0.25) is 5.02 Å². The standard InChI is InChI=1S/C16H15ClN2O/c17-14-7-3-4-8-15(14)19-16(20)13-10-18-9-11-5-1-2-6-12(11)13/h1-8,13,18H,9-10H2,(H,19,20). The van der Waals surface area contributed by atoms with E-state index in [-0.39, 0.29) is 11.8 Å². The second-order valence-corrected chi connectivity index (χ2v) is 5.26. The summed E-state index contributed by atoms with van der Waals surface area (Å²) in [5.41, 5.74) is 2.93. The van der Waals surface area contributed by atoms with Gasteiger partial charge in [-0.15, -0.1) is 0 Å². The van der Waals surface area contributed by atoms with Crippen LogP contribution in [0.3, 0.4) is 0 Å². The van der Waals surface area contributed by atoms with Crippen LogP contribution in [0.4, 0.5) is 5.69 Å². The first kappa shape index (κ1) is 13.2. The second-order valence-electron chi connectivity index (χ2n) is 4.85. The first-order chi connectivity index (χ1) is 9.75. The molecule has 1 amide bonds. The zero-order valence-corrected chi connectivity index (χ0v) is 11.7. The minimum Gasteiger partial charge on any atom is -0.324 e. The van der Waals surface area contributed by atoms with Crippen LogP contribution in [0.15, 0.2) is 48.5 Å². The topological polar surface area (TPSA) is 41.1 Å². The first-order valence-electron chi connectivity index (χ1n) is 6.59. The smallest absolute Gasteiger partial charge is 0.233 e. The van der Waals surface area contributed by atoms with Crippen LogP contribution in [-0.4, -0.2) is 12.5 Å². The Morgan fingerprint density at radius 1 is 1.15 bits per heavy atom. The van der Waals surface area contributed by atoms with Crippen molar-refractivity contribution >= 4 is 23.2 Å². The van der Waals surface area contributed by atoms with Crippen molar-refractivity contribution in [2.24, 2.45) is 0 Å². The highest BCUT2D eigenvalue weighted by atomic mass is 35.5. The zero-order chi connectivity index (χ0) is 13.9. The van der Waals surface area contributed by atoms with E-state index in [0.29, 0.717) is 17.3 Å². The van der Waals surface area contributed by atoms with Gasteiger partial charge in [-0.2, -0.15) is 0 Å². The third-order valence-corrected chi connectivity index (χ3v) is 3.87. The number of carbonyl (C=O) groups excluding carboxylic acids is 1. The second kappa shape index (κ2) is 5.65. The van der Waals surface area contributed by atoms with Crippen molar-refractivity contribution in [1.82, 2.24) is 5.32 Å². The molecule has 4 heteroatoms. The molecule has 0 radical (unpaired) electrons. The van der Waals surface area contributed by atoms with Gasteiger partial charge in [0.05, 0.1) is 16.6 Å². The summed E-state index contributed by atoms with van der Waals surface area (Å²) in [7, 11) is 0. The molecule has 0 spiro atoms. The molecule has 2 N–H and O–H groups in total. The van der Waals surface area contributed by atoms with Gasteiger partial charge in [0.2, 0.25) is 5.91 Å². The Morgan fingerprint density at radius 3 is 2.75 bits per heavy atom. The molecule has 0 saturated carbocycles. The SMILES string of the molecule is O=C(Nc1ccccc1Cl)C1CNCc2ccccc21. The molecule has 3 rings (SSSR count). The molecule has 3 nitrogen and oxygen atoms in total. The zero-order valence-electron chi connectivity index (χ0n) is 10.9. The summed E-state index contributed by atoms with van der Waals surface area (Å²) < 4.78 is 0. The van der Waals surface area contributed by atoms with Crippen molar-refractivity contribution < 1.29 is 4.79 Å².